The fraction of sp³-hybridized carbons (Fsp3) is 0.625. The fourth-order valence-electron chi connectivity index (χ4n) is 1.18. The van der Waals surface area contributed by atoms with E-state index in [1.165, 1.54) is 17.8 Å². The number of anilines is 1. The summed E-state index contributed by atoms with van der Waals surface area (Å²) in [4.78, 5) is 0. The second kappa shape index (κ2) is 3.89. The van der Waals surface area contributed by atoms with E-state index >= 15 is 0 Å². The summed E-state index contributed by atoms with van der Waals surface area (Å²) < 4.78 is 37.4. The normalized spacial score (nSPS) is 14.1. The largest absolute Gasteiger partial charge is 0.391 e. The third kappa shape index (κ3) is 3.68. The van der Waals surface area contributed by atoms with Crippen LogP contribution in [0.4, 0.5) is 18.9 Å². The Bertz CT molecular complexity index is 292. The van der Waals surface area contributed by atoms with Crippen LogP contribution in [-0.4, -0.2) is 22.0 Å². The number of aryl methyl sites for hydroxylation is 1. The summed E-state index contributed by atoms with van der Waals surface area (Å²) in [5, 5.41) is 6.55. The highest BCUT2D eigenvalue weighted by molar-refractivity contribution is 5.38. The van der Waals surface area contributed by atoms with Crippen LogP contribution in [0.2, 0.25) is 0 Å². The molecular formula is C8H12F3N3. The third-order valence-electron chi connectivity index (χ3n) is 1.66. The molecule has 0 radical (unpaired) electrons. The molecule has 0 bridgehead atoms. The Morgan fingerprint density at radius 2 is 2.21 bits per heavy atom. The van der Waals surface area contributed by atoms with E-state index in [4.69, 9.17) is 0 Å². The summed E-state index contributed by atoms with van der Waals surface area (Å²) >= 11 is 0. The first-order valence-electron chi connectivity index (χ1n) is 4.19. The molecule has 0 aromatic carbocycles. The molecule has 3 nitrogen and oxygen atoms in total. The number of halogens is 3. The number of hydrogen-bond acceptors (Lipinski definition) is 2. The van der Waals surface area contributed by atoms with Crippen LogP contribution >= 0.6 is 0 Å². The zero-order valence-electron chi connectivity index (χ0n) is 7.97. The van der Waals surface area contributed by atoms with Crippen molar-refractivity contribution in [2.45, 2.75) is 25.6 Å². The Morgan fingerprint density at radius 3 is 2.64 bits per heavy atom. The van der Waals surface area contributed by atoms with Gasteiger partial charge < -0.3 is 5.32 Å². The molecule has 0 spiro atoms. The van der Waals surface area contributed by atoms with Crippen LogP contribution in [0.1, 0.15) is 13.3 Å². The molecule has 1 aromatic heterocycles. The van der Waals surface area contributed by atoms with Crippen molar-refractivity contribution >= 4 is 5.69 Å². The number of alkyl halides is 3. The Morgan fingerprint density at radius 1 is 1.57 bits per heavy atom. The molecule has 80 valence electrons. The zero-order valence-corrected chi connectivity index (χ0v) is 7.97. The molecule has 0 aliphatic carbocycles. The first-order valence-corrected chi connectivity index (χ1v) is 4.19. The van der Waals surface area contributed by atoms with Gasteiger partial charge in [0.2, 0.25) is 0 Å². The van der Waals surface area contributed by atoms with Crippen molar-refractivity contribution in [3.8, 4) is 0 Å². The monoisotopic (exact) mass is 207 g/mol. The molecule has 1 rings (SSSR count). The molecular weight excluding hydrogens is 195 g/mol. The van der Waals surface area contributed by atoms with Crippen LogP contribution in [-0.2, 0) is 7.05 Å². The van der Waals surface area contributed by atoms with Crippen molar-refractivity contribution in [1.82, 2.24) is 9.78 Å². The maximum atomic E-state index is 12.0. The Labute approximate surface area is 79.9 Å². The van der Waals surface area contributed by atoms with Crippen LogP contribution in [0.25, 0.3) is 0 Å². The predicted molar refractivity (Wildman–Crippen MR) is 47.0 cm³/mol. The van der Waals surface area contributed by atoms with Gasteiger partial charge in [0.1, 0.15) is 0 Å². The summed E-state index contributed by atoms with van der Waals surface area (Å²) in [7, 11) is 1.71. The van der Waals surface area contributed by atoms with Gasteiger partial charge in [0.25, 0.3) is 0 Å². The average molecular weight is 207 g/mol. The van der Waals surface area contributed by atoms with Gasteiger partial charge >= 0.3 is 6.18 Å². The van der Waals surface area contributed by atoms with Crippen molar-refractivity contribution < 1.29 is 13.2 Å². The Balaban J connectivity index is 2.45. The molecule has 1 aromatic rings. The van der Waals surface area contributed by atoms with Crippen LogP contribution in [0.3, 0.4) is 0 Å². The molecule has 6 heteroatoms. The number of rotatable bonds is 3. The van der Waals surface area contributed by atoms with E-state index in [1.54, 1.807) is 13.2 Å². The lowest BCUT2D eigenvalue weighted by Gasteiger charge is -2.15. The zero-order chi connectivity index (χ0) is 10.8. The number of nitrogens with one attached hydrogen (secondary N) is 1. The SMILES string of the molecule is CC(CC(F)(F)F)Nc1cnn(C)c1. The van der Waals surface area contributed by atoms with E-state index in [0.717, 1.165) is 0 Å². The number of nitrogens with zero attached hydrogens (tertiary/aromatic N) is 2. The maximum absolute atomic E-state index is 12.0. The van der Waals surface area contributed by atoms with Crippen LogP contribution in [0.5, 0.6) is 0 Å². The summed E-state index contributed by atoms with van der Waals surface area (Å²) in [6.45, 7) is 1.49. The van der Waals surface area contributed by atoms with E-state index in [1.807, 2.05) is 0 Å². The van der Waals surface area contributed by atoms with Crippen LogP contribution < -0.4 is 5.32 Å². The van der Waals surface area contributed by atoms with Gasteiger partial charge in [-0.05, 0) is 6.92 Å². The number of hydrogen-bond donors (Lipinski definition) is 1. The first kappa shape index (κ1) is 10.9. The average Bonchev–Trinajstić information content (AvgIpc) is 2.30. The minimum absolute atomic E-state index is 0.601. The lowest BCUT2D eigenvalue weighted by Crippen LogP contribution is -2.23. The summed E-state index contributed by atoms with van der Waals surface area (Å²) in [6.07, 6.45) is -1.85. The molecule has 0 saturated heterocycles. The second-order valence-electron chi connectivity index (χ2n) is 3.27. The van der Waals surface area contributed by atoms with Gasteiger partial charge in [-0.2, -0.15) is 18.3 Å². The van der Waals surface area contributed by atoms with Crippen molar-refractivity contribution in [1.29, 1.82) is 0 Å². The van der Waals surface area contributed by atoms with E-state index < -0.39 is 18.6 Å². The molecule has 0 aliphatic heterocycles. The fourth-order valence-corrected chi connectivity index (χ4v) is 1.18. The molecule has 1 N–H and O–H groups in total. The van der Waals surface area contributed by atoms with Crippen molar-refractivity contribution in [3.63, 3.8) is 0 Å². The molecule has 0 aliphatic rings. The lowest BCUT2D eigenvalue weighted by atomic mass is 10.2. The van der Waals surface area contributed by atoms with Gasteiger partial charge in [0.05, 0.1) is 18.3 Å². The van der Waals surface area contributed by atoms with Gasteiger partial charge in [-0.25, -0.2) is 0 Å². The Hall–Kier alpha value is -1.20. The topological polar surface area (TPSA) is 29.9 Å². The summed E-state index contributed by atoms with van der Waals surface area (Å²) in [6, 6.07) is -0.640. The standard InChI is InChI=1S/C8H12F3N3/c1-6(3-8(9,10)11)13-7-4-12-14(2)5-7/h4-6,13H,3H2,1-2H3. The second-order valence-corrected chi connectivity index (χ2v) is 3.27. The third-order valence-corrected chi connectivity index (χ3v) is 1.66. The minimum Gasteiger partial charge on any atom is -0.380 e. The van der Waals surface area contributed by atoms with Gasteiger partial charge in [-0.1, -0.05) is 0 Å². The maximum Gasteiger partial charge on any atom is 0.391 e. The van der Waals surface area contributed by atoms with Crippen LogP contribution in [0.15, 0.2) is 12.4 Å². The van der Waals surface area contributed by atoms with Gasteiger partial charge in [0, 0.05) is 19.3 Å². The predicted octanol–water partition coefficient (Wildman–Crippen LogP) is 2.17. The highest BCUT2D eigenvalue weighted by Gasteiger charge is 2.29. The Kier molecular flexibility index (Phi) is 3.03. The molecule has 0 fully saturated rings. The van der Waals surface area contributed by atoms with Crippen LogP contribution in [0, 0.1) is 0 Å². The van der Waals surface area contributed by atoms with Gasteiger partial charge in [0.15, 0.2) is 0 Å². The molecule has 1 heterocycles. The highest BCUT2D eigenvalue weighted by atomic mass is 19.4. The van der Waals surface area contributed by atoms with Crippen molar-refractivity contribution in [2.24, 2.45) is 7.05 Å². The molecule has 0 amide bonds. The summed E-state index contributed by atoms with van der Waals surface area (Å²) in [5.74, 6) is 0. The highest BCUT2D eigenvalue weighted by Crippen LogP contribution is 2.22. The molecule has 1 atom stereocenters. The summed E-state index contributed by atoms with van der Waals surface area (Å²) in [5.41, 5.74) is 0.601. The molecule has 1 unspecified atom stereocenters. The molecule has 14 heavy (non-hydrogen) atoms. The number of aromatic nitrogens is 2. The van der Waals surface area contributed by atoms with Gasteiger partial charge in [-0.3, -0.25) is 4.68 Å². The quantitative estimate of drug-likeness (QED) is 0.823. The lowest BCUT2D eigenvalue weighted by molar-refractivity contribution is -0.136. The van der Waals surface area contributed by atoms with E-state index in [2.05, 4.69) is 10.4 Å². The van der Waals surface area contributed by atoms with E-state index in [0.29, 0.717) is 5.69 Å². The molecule has 0 saturated carbocycles. The van der Waals surface area contributed by atoms with E-state index in [9.17, 15) is 13.2 Å². The minimum atomic E-state index is -4.13. The smallest absolute Gasteiger partial charge is 0.380 e. The van der Waals surface area contributed by atoms with Crippen molar-refractivity contribution in [2.75, 3.05) is 5.32 Å². The van der Waals surface area contributed by atoms with E-state index in [-0.39, 0.29) is 0 Å². The first-order chi connectivity index (χ1) is 6.37. The van der Waals surface area contributed by atoms with Crippen molar-refractivity contribution in [3.05, 3.63) is 12.4 Å². The van der Waals surface area contributed by atoms with Gasteiger partial charge in [-0.15, -0.1) is 0 Å².